The fourth-order valence-corrected chi connectivity index (χ4v) is 14.9. The summed E-state index contributed by atoms with van der Waals surface area (Å²) in [6.45, 7) is 11.3. The van der Waals surface area contributed by atoms with Gasteiger partial charge in [0.15, 0.2) is 28.7 Å². The maximum atomic E-state index is 15.6. The van der Waals surface area contributed by atoms with E-state index in [2.05, 4.69) is 75.9 Å². The van der Waals surface area contributed by atoms with Crippen LogP contribution in [0.4, 0.5) is 0 Å². The highest BCUT2D eigenvalue weighted by atomic mass is 28.4. The molecule has 3 atom stereocenters. The third-order valence-electron chi connectivity index (χ3n) is 14.0. The Morgan fingerprint density at radius 2 is 1.32 bits per heavy atom. The number of rotatable bonds is 20. The normalized spacial score (nSPS) is 16.4. The van der Waals surface area contributed by atoms with Gasteiger partial charge in [-0.2, -0.15) is 0 Å². The molecule has 0 unspecified atom stereocenters. The first-order valence-electron chi connectivity index (χ1n) is 24.6. The second-order valence-electron chi connectivity index (χ2n) is 19.3. The number of ether oxygens (including phenoxy) is 6. The number of aryl methyl sites for hydroxylation is 1. The van der Waals surface area contributed by atoms with E-state index in [0.29, 0.717) is 66.9 Å². The summed E-state index contributed by atoms with van der Waals surface area (Å²) < 4.78 is 43.7. The maximum Gasteiger partial charge on any atom is 0.329 e. The number of hydrogen-bond acceptors (Lipinski definition) is 9. The summed E-state index contributed by atoms with van der Waals surface area (Å²) in [4.78, 5) is 32.3. The van der Waals surface area contributed by atoms with Crippen LogP contribution in [0.25, 0.3) is 0 Å². The van der Waals surface area contributed by atoms with Gasteiger partial charge in [0.2, 0.25) is 5.91 Å². The van der Waals surface area contributed by atoms with Gasteiger partial charge >= 0.3 is 14.3 Å². The number of carbonyl (C=O) groups excluding carboxylic acids is 2. The quantitative estimate of drug-likeness (QED) is 0.0429. The molecule has 1 heterocycles. The lowest BCUT2D eigenvalue weighted by Gasteiger charge is -2.43. The smallest absolute Gasteiger partial charge is 0.329 e. The number of benzene rings is 5. The van der Waals surface area contributed by atoms with E-state index < -0.39 is 32.4 Å². The van der Waals surface area contributed by atoms with E-state index in [1.807, 2.05) is 71.6 Å². The van der Waals surface area contributed by atoms with Crippen molar-refractivity contribution in [1.82, 2.24) is 4.90 Å². The molecule has 2 fully saturated rings. The van der Waals surface area contributed by atoms with Gasteiger partial charge < -0.3 is 37.7 Å². The van der Waals surface area contributed by atoms with Crippen molar-refractivity contribution in [3.8, 4) is 34.5 Å². The Bertz CT molecular complexity index is 2420. The molecule has 5 aromatic carbocycles. The van der Waals surface area contributed by atoms with Crippen molar-refractivity contribution in [3.05, 3.63) is 145 Å². The lowest BCUT2D eigenvalue weighted by Crippen LogP contribution is -2.68. The number of piperidine rings is 1. The van der Waals surface area contributed by atoms with Crippen molar-refractivity contribution in [2.24, 2.45) is 5.92 Å². The molecule has 1 saturated heterocycles. The number of carbonyl (C=O) groups is 2. The Balaban J connectivity index is 1.24. The molecule has 7 rings (SSSR count). The molecule has 366 valence electrons. The SMILES string of the molecule is C=CCOc1cccc([C@H](CCc2ccc(OC)c(OC)c2)OC(=O)[C@H]2CCCCN2C(=O)[C@H](c2cc(OC)c(O[Si](c3ccccc3)(c3ccccc3)C(C)(C)C)c(OC)c2)C2CCCCC2)c1. The van der Waals surface area contributed by atoms with Gasteiger partial charge in [0.1, 0.15) is 24.5 Å². The molecule has 0 bridgehead atoms. The summed E-state index contributed by atoms with van der Waals surface area (Å²) in [5.74, 6) is 2.43. The zero-order valence-electron chi connectivity index (χ0n) is 41.7. The highest BCUT2D eigenvalue weighted by Gasteiger charge is 2.53. The minimum atomic E-state index is -3.12. The van der Waals surface area contributed by atoms with E-state index in [1.54, 1.807) is 34.5 Å². The molecular weight excluding hydrogens is 883 g/mol. The second kappa shape index (κ2) is 23.4. The summed E-state index contributed by atoms with van der Waals surface area (Å²) in [5, 5.41) is 1.91. The van der Waals surface area contributed by atoms with E-state index in [9.17, 15) is 4.79 Å². The van der Waals surface area contributed by atoms with Gasteiger partial charge in [-0.15, -0.1) is 0 Å². The van der Waals surface area contributed by atoms with Gasteiger partial charge in [0.25, 0.3) is 0 Å². The van der Waals surface area contributed by atoms with Crippen molar-refractivity contribution in [2.45, 2.75) is 108 Å². The monoisotopic (exact) mass is 953 g/mol. The zero-order valence-corrected chi connectivity index (χ0v) is 42.7. The second-order valence-corrected chi connectivity index (χ2v) is 23.5. The predicted octanol–water partition coefficient (Wildman–Crippen LogP) is 11.2. The Labute approximate surface area is 411 Å². The van der Waals surface area contributed by atoms with E-state index >= 15 is 4.79 Å². The first-order chi connectivity index (χ1) is 33.5. The van der Waals surface area contributed by atoms with Crippen molar-refractivity contribution in [3.63, 3.8) is 0 Å². The average molecular weight is 954 g/mol. The van der Waals surface area contributed by atoms with Gasteiger partial charge in [0, 0.05) is 6.54 Å². The average Bonchev–Trinajstić information content (AvgIpc) is 3.38. The van der Waals surface area contributed by atoms with Crippen LogP contribution in [0.2, 0.25) is 5.04 Å². The lowest BCUT2D eigenvalue weighted by atomic mass is 9.75. The molecule has 1 amide bonds. The number of amides is 1. The van der Waals surface area contributed by atoms with Crippen LogP contribution in [-0.2, 0) is 20.7 Å². The van der Waals surface area contributed by atoms with Crippen LogP contribution in [0.1, 0.15) is 107 Å². The van der Waals surface area contributed by atoms with Gasteiger partial charge in [-0.05, 0) is 119 Å². The van der Waals surface area contributed by atoms with E-state index in [0.717, 1.165) is 72.0 Å². The number of methoxy groups -OCH3 is 4. The molecule has 0 aromatic heterocycles. The van der Waals surface area contributed by atoms with Crippen molar-refractivity contribution < 1.29 is 42.4 Å². The summed E-state index contributed by atoms with van der Waals surface area (Å²) in [5.41, 5.74) is 2.60. The van der Waals surface area contributed by atoms with Crippen LogP contribution >= 0.6 is 0 Å². The zero-order chi connectivity index (χ0) is 49.0. The number of likely N-dealkylation sites (tertiary alicyclic amines) is 1. The highest BCUT2D eigenvalue weighted by molar-refractivity contribution is 7.00. The number of nitrogens with zero attached hydrogens (tertiary/aromatic N) is 1. The van der Waals surface area contributed by atoms with E-state index in [-0.39, 0.29) is 16.9 Å². The fourth-order valence-electron chi connectivity index (χ4n) is 10.5. The van der Waals surface area contributed by atoms with Crippen LogP contribution in [0, 0.1) is 5.92 Å². The van der Waals surface area contributed by atoms with Crippen molar-refractivity contribution in [2.75, 3.05) is 41.6 Å². The Morgan fingerprint density at radius 1 is 0.696 bits per heavy atom. The van der Waals surface area contributed by atoms with Gasteiger partial charge in [0.05, 0.1) is 34.4 Å². The van der Waals surface area contributed by atoms with Crippen LogP contribution in [-0.4, -0.2) is 72.7 Å². The van der Waals surface area contributed by atoms with Crippen LogP contribution in [0.3, 0.4) is 0 Å². The summed E-state index contributed by atoms with van der Waals surface area (Å²) in [6.07, 6.45) is 9.21. The molecule has 11 heteroatoms. The molecule has 10 nitrogen and oxygen atoms in total. The molecule has 1 saturated carbocycles. The number of esters is 1. The van der Waals surface area contributed by atoms with Crippen LogP contribution < -0.4 is 38.5 Å². The van der Waals surface area contributed by atoms with Crippen molar-refractivity contribution >= 4 is 30.6 Å². The Kier molecular flexibility index (Phi) is 17.2. The van der Waals surface area contributed by atoms with E-state index in [1.165, 1.54) is 0 Å². The molecule has 0 N–H and O–H groups in total. The minimum absolute atomic E-state index is 0.0512. The molecule has 0 spiro atoms. The summed E-state index contributed by atoms with van der Waals surface area (Å²) in [7, 11) is 3.40. The standard InChI is InChI=1S/C58H71NO9Si/c1-9-36-66-45-25-21-24-43(38-45)49(33-31-41-32-34-50(62-5)51(37-41)63-6)67-57(61)48-30-19-20-35-59(48)56(60)54(42-22-13-10-14-23-42)44-39-52(64-7)55(53(40-44)65-8)68-69(58(2,3)4,46-26-15-11-16-27-46)47-28-17-12-18-29-47/h9,11-12,15-18,21,24-29,32,34,37-40,42,48-49,54H,1,10,13-14,19-20,22-23,30-31,33,35-36H2,2-8H3/t48-,49+,54+/m1/s1. The molecular formula is C58H71NO9Si. The number of hydrogen-bond donors (Lipinski definition) is 0. The van der Waals surface area contributed by atoms with Crippen LogP contribution in [0.15, 0.2) is 128 Å². The fraction of sp³-hybridized carbons (Fsp3) is 0.414. The molecule has 1 aliphatic heterocycles. The topological polar surface area (TPSA) is 102 Å². The van der Waals surface area contributed by atoms with Gasteiger partial charge in [-0.25, -0.2) is 4.79 Å². The third-order valence-corrected chi connectivity index (χ3v) is 18.9. The first kappa shape index (κ1) is 50.7. The maximum absolute atomic E-state index is 15.6. The highest BCUT2D eigenvalue weighted by Crippen LogP contribution is 2.48. The molecule has 69 heavy (non-hydrogen) atoms. The Morgan fingerprint density at radius 3 is 1.91 bits per heavy atom. The first-order valence-corrected chi connectivity index (χ1v) is 26.5. The van der Waals surface area contributed by atoms with Crippen molar-refractivity contribution in [1.29, 1.82) is 0 Å². The summed E-state index contributed by atoms with van der Waals surface area (Å²) >= 11 is 0. The minimum Gasteiger partial charge on any atom is -0.529 e. The largest absolute Gasteiger partial charge is 0.529 e. The van der Waals surface area contributed by atoms with E-state index in [4.69, 9.17) is 32.8 Å². The summed E-state index contributed by atoms with van der Waals surface area (Å²) in [6, 6.07) is 37.6. The lowest BCUT2D eigenvalue weighted by molar-refractivity contribution is -0.163. The molecule has 2 aliphatic rings. The van der Waals surface area contributed by atoms with Gasteiger partial charge in [-0.1, -0.05) is 132 Å². The Hall–Kier alpha value is -6.20. The molecule has 5 aromatic rings. The third kappa shape index (κ3) is 11.5. The molecule has 0 radical (unpaired) electrons. The van der Waals surface area contributed by atoms with Gasteiger partial charge in [-0.3, -0.25) is 4.79 Å². The van der Waals surface area contributed by atoms with Crippen LogP contribution in [0.5, 0.6) is 34.5 Å². The predicted molar refractivity (Wildman–Crippen MR) is 275 cm³/mol. The molecule has 1 aliphatic carbocycles.